The van der Waals surface area contributed by atoms with E-state index < -0.39 is 5.54 Å². The lowest BCUT2D eigenvalue weighted by atomic mass is 9.92. The van der Waals surface area contributed by atoms with Gasteiger partial charge in [0.2, 0.25) is 0 Å². The molecule has 7 heteroatoms. The zero-order chi connectivity index (χ0) is 20.5. The molecule has 0 aliphatic carbocycles. The van der Waals surface area contributed by atoms with Crippen LogP contribution < -0.4 is 15.2 Å². The smallest absolute Gasteiger partial charge is 0.190 e. The number of pyridine rings is 1. The van der Waals surface area contributed by atoms with Crippen molar-refractivity contribution >= 4 is 5.76 Å². The first-order chi connectivity index (χ1) is 13.2. The van der Waals surface area contributed by atoms with Crippen LogP contribution in [0.25, 0.3) is 5.76 Å². The Kier molecular flexibility index (Phi) is 5.38. The molecule has 0 radical (unpaired) electrons. The summed E-state index contributed by atoms with van der Waals surface area (Å²) in [6.45, 7) is 3.85. The summed E-state index contributed by atoms with van der Waals surface area (Å²) in [6, 6.07) is 4.88. The highest BCUT2D eigenvalue weighted by atomic mass is 16.5. The number of rotatable bonds is 6. The SMILES string of the molecule is COC1=C(c2ccc(OC)cn2)Oc2c(CCC(C)(C)N)c(O)cc(O)c2C1. The molecular weight excluding hydrogens is 360 g/mol. The van der Waals surface area contributed by atoms with Crippen molar-refractivity contribution < 1.29 is 24.4 Å². The fraction of sp³-hybridized carbons (Fsp3) is 0.381. The van der Waals surface area contributed by atoms with Crippen molar-refractivity contribution in [3.05, 3.63) is 47.0 Å². The number of hydrogen-bond donors (Lipinski definition) is 3. The van der Waals surface area contributed by atoms with E-state index in [1.807, 2.05) is 13.8 Å². The largest absolute Gasteiger partial charge is 0.507 e. The van der Waals surface area contributed by atoms with Gasteiger partial charge in [-0.25, -0.2) is 4.98 Å². The highest BCUT2D eigenvalue weighted by molar-refractivity contribution is 5.70. The van der Waals surface area contributed by atoms with Crippen molar-refractivity contribution in [1.29, 1.82) is 0 Å². The summed E-state index contributed by atoms with van der Waals surface area (Å²) in [4.78, 5) is 4.37. The van der Waals surface area contributed by atoms with Crippen molar-refractivity contribution in [2.45, 2.75) is 38.6 Å². The highest BCUT2D eigenvalue weighted by Crippen LogP contribution is 2.45. The van der Waals surface area contributed by atoms with Gasteiger partial charge in [0, 0.05) is 29.2 Å². The fourth-order valence-corrected chi connectivity index (χ4v) is 3.10. The molecule has 1 aliphatic heterocycles. The summed E-state index contributed by atoms with van der Waals surface area (Å²) in [7, 11) is 3.11. The minimum atomic E-state index is -0.403. The van der Waals surface area contributed by atoms with Crippen LogP contribution in [0.4, 0.5) is 0 Å². The lowest BCUT2D eigenvalue weighted by Gasteiger charge is -2.27. The molecule has 0 spiro atoms. The van der Waals surface area contributed by atoms with Gasteiger partial charge in [0.25, 0.3) is 0 Å². The second-order valence-electron chi connectivity index (χ2n) is 7.51. The molecule has 28 heavy (non-hydrogen) atoms. The van der Waals surface area contributed by atoms with Crippen LogP contribution in [-0.2, 0) is 17.6 Å². The van der Waals surface area contributed by atoms with Crippen LogP contribution >= 0.6 is 0 Å². The third kappa shape index (κ3) is 3.99. The second-order valence-corrected chi connectivity index (χ2v) is 7.51. The van der Waals surface area contributed by atoms with E-state index in [4.69, 9.17) is 19.9 Å². The molecule has 7 nitrogen and oxygen atoms in total. The highest BCUT2D eigenvalue weighted by Gasteiger charge is 2.30. The Hall–Kier alpha value is -2.93. The van der Waals surface area contributed by atoms with Crippen LogP contribution in [0.3, 0.4) is 0 Å². The first-order valence-electron chi connectivity index (χ1n) is 9.04. The molecule has 2 heterocycles. The Morgan fingerprint density at radius 3 is 2.50 bits per heavy atom. The molecule has 0 atom stereocenters. The van der Waals surface area contributed by atoms with Crippen LogP contribution in [0.5, 0.6) is 23.0 Å². The van der Waals surface area contributed by atoms with E-state index in [0.29, 0.717) is 59.1 Å². The number of aromatic hydroxyl groups is 2. The molecule has 1 aliphatic rings. The summed E-state index contributed by atoms with van der Waals surface area (Å²) < 4.78 is 16.8. The maximum atomic E-state index is 10.4. The topological polar surface area (TPSA) is 107 Å². The zero-order valence-corrected chi connectivity index (χ0v) is 16.6. The van der Waals surface area contributed by atoms with Crippen molar-refractivity contribution in [3.8, 4) is 23.0 Å². The molecule has 0 amide bonds. The van der Waals surface area contributed by atoms with Gasteiger partial charge in [-0.3, -0.25) is 0 Å². The lowest BCUT2D eigenvalue weighted by Crippen LogP contribution is -2.32. The van der Waals surface area contributed by atoms with Crippen LogP contribution in [-0.4, -0.2) is 35.0 Å². The normalized spacial score (nSPS) is 13.8. The van der Waals surface area contributed by atoms with Crippen LogP contribution in [0.1, 0.15) is 37.1 Å². The number of nitrogens with two attached hydrogens (primary N) is 1. The molecule has 1 aromatic carbocycles. The standard InChI is InChI=1S/C21H26N2O5/c1-21(2,22)8-7-13-16(24)10-17(25)14-9-18(27-4)20(28-19(13)14)15-6-5-12(26-3)11-23-15/h5-6,10-11,24-25H,7-9,22H2,1-4H3. The van der Waals surface area contributed by atoms with Gasteiger partial charge in [0.05, 0.1) is 20.4 Å². The molecule has 0 unspecified atom stereocenters. The predicted octanol–water partition coefficient (Wildman–Crippen LogP) is 3.12. The minimum absolute atomic E-state index is 0.0246. The van der Waals surface area contributed by atoms with E-state index in [-0.39, 0.29) is 11.5 Å². The Labute approximate surface area is 164 Å². The minimum Gasteiger partial charge on any atom is -0.507 e. The number of ether oxygens (including phenoxy) is 3. The van der Waals surface area contributed by atoms with Gasteiger partial charge in [-0.1, -0.05) is 0 Å². The van der Waals surface area contributed by atoms with E-state index in [1.54, 1.807) is 32.5 Å². The van der Waals surface area contributed by atoms with Gasteiger partial charge in [0.1, 0.15) is 34.5 Å². The Balaban J connectivity index is 2.04. The number of hydrogen-bond acceptors (Lipinski definition) is 7. The maximum absolute atomic E-state index is 10.4. The zero-order valence-electron chi connectivity index (χ0n) is 16.6. The monoisotopic (exact) mass is 386 g/mol. The number of aromatic nitrogens is 1. The Morgan fingerprint density at radius 2 is 1.93 bits per heavy atom. The summed E-state index contributed by atoms with van der Waals surface area (Å²) in [5.41, 5.74) is 7.44. The number of phenols is 2. The van der Waals surface area contributed by atoms with Gasteiger partial charge in [0.15, 0.2) is 5.76 Å². The van der Waals surface area contributed by atoms with E-state index in [9.17, 15) is 10.2 Å². The van der Waals surface area contributed by atoms with Crippen LogP contribution in [0, 0.1) is 0 Å². The van der Waals surface area contributed by atoms with Crippen LogP contribution in [0.2, 0.25) is 0 Å². The predicted molar refractivity (Wildman–Crippen MR) is 105 cm³/mol. The van der Waals surface area contributed by atoms with Crippen molar-refractivity contribution in [1.82, 2.24) is 4.98 Å². The number of phenolic OH excluding ortho intramolecular Hbond substituents is 2. The molecule has 0 fully saturated rings. The van der Waals surface area contributed by atoms with Crippen molar-refractivity contribution in [3.63, 3.8) is 0 Å². The van der Waals surface area contributed by atoms with E-state index >= 15 is 0 Å². The lowest BCUT2D eigenvalue weighted by molar-refractivity contribution is 0.263. The van der Waals surface area contributed by atoms with E-state index in [0.717, 1.165) is 0 Å². The van der Waals surface area contributed by atoms with Gasteiger partial charge in [-0.15, -0.1) is 0 Å². The molecule has 0 saturated carbocycles. The number of allylic oxidation sites excluding steroid dienone is 1. The third-order valence-corrected chi connectivity index (χ3v) is 4.71. The molecular formula is C21H26N2O5. The number of fused-ring (bicyclic) bond motifs is 1. The average Bonchev–Trinajstić information content (AvgIpc) is 2.66. The van der Waals surface area contributed by atoms with Gasteiger partial charge in [-0.05, 0) is 38.8 Å². The molecule has 150 valence electrons. The Morgan fingerprint density at radius 1 is 1.18 bits per heavy atom. The van der Waals surface area contributed by atoms with E-state index in [2.05, 4.69) is 4.98 Å². The number of methoxy groups -OCH3 is 2. The van der Waals surface area contributed by atoms with Gasteiger partial charge >= 0.3 is 0 Å². The molecule has 2 aromatic rings. The average molecular weight is 386 g/mol. The van der Waals surface area contributed by atoms with Crippen LogP contribution in [0.15, 0.2) is 30.2 Å². The first-order valence-corrected chi connectivity index (χ1v) is 9.04. The quantitative estimate of drug-likeness (QED) is 0.700. The van der Waals surface area contributed by atoms with Crippen molar-refractivity contribution in [2.75, 3.05) is 14.2 Å². The molecule has 1 aromatic heterocycles. The maximum Gasteiger partial charge on any atom is 0.190 e. The molecule has 3 rings (SSSR count). The number of nitrogens with zero attached hydrogens (tertiary/aromatic N) is 1. The summed E-state index contributed by atoms with van der Waals surface area (Å²) in [6.07, 6.45) is 3.05. The third-order valence-electron chi connectivity index (χ3n) is 4.71. The summed E-state index contributed by atoms with van der Waals surface area (Å²) in [5.74, 6) is 1.96. The first kappa shape index (κ1) is 19.8. The van der Waals surface area contributed by atoms with Gasteiger partial charge in [-0.2, -0.15) is 0 Å². The fourth-order valence-electron chi connectivity index (χ4n) is 3.10. The molecule has 0 saturated heterocycles. The second kappa shape index (κ2) is 7.59. The van der Waals surface area contributed by atoms with E-state index in [1.165, 1.54) is 6.07 Å². The van der Waals surface area contributed by atoms with Crippen molar-refractivity contribution in [2.24, 2.45) is 5.73 Å². The molecule has 0 bridgehead atoms. The number of benzene rings is 1. The van der Waals surface area contributed by atoms with Gasteiger partial charge < -0.3 is 30.2 Å². The summed E-state index contributed by atoms with van der Waals surface area (Å²) >= 11 is 0. The summed E-state index contributed by atoms with van der Waals surface area (Å²) in [5, 5.41) is 20.8. The molecule has 4 N–H and O–H groups in total. The Bertz CT molecular complexity index is 898.